The number of benzene rings is 4. The van der Waals surface area contributed by atoms with Crippen molar-refractivity contribution in [3.05, 3.63) is 131 Å². The molecule has 0 amide bonds. The van der Waals surface area contributed by atoms with Crippen molar-refractivity contribution in [2.75, 3.05) is 28.4 Å². The van der Waals surface area contributed by atoms with E-state index in [-0.39, 0.29) is 10.8 Å². The molecule has 70 heavy (non-hydrogen) atoms. The van der Waals surface area contributed by atoms with Gasteiger partial charge in [-0.1, -0.05) is 95.2 Å². The molecule has 0 fully saturated rings. The number of ether oxygens (including phenoxy) is 4. The van der Waals surface area contributed by atoms with E-state index in [9.17, 15) is 0 Å². The zero-order valence-electron chi connectivity index (χ0n) is 43.1. The lowest BCUT2D eigenvalue weighted by molar-refractivity contribution is 0.380. The zero-order chi connectivity index (χ0) is 50.5. The second-order valence-electron chi connectivity index (χ2n) is 21.3. The van der Waals surface area contributed by atoms with Crippen LogP contribution in [-0.4, -0.2) is 38.4 Å². The maximum absolute atomic E-state index is 7.44. The summed E-state index contributed by atoms with van der Waals surface area (Å²) >= 11 is 0. The molecule has 0 N–H and O–H groups in total. The van der Waals surface area contributed by atoms with Gasteiger partial charge in [-0.15, -0.1) is 0 Å². The molecular weight excluding hydrogens is 923 g/mol. The average molecular weight is 987 g/mol. The van der Waals surface area contributed by atoms with Crippen LogP contribution in [0.25, 0.3) is 44.6 Å². The maximum atomic E-state index is 7.44. The molecular formula is C56H64N2O10P2. The molecule has 0 atom stereocenters. The van der Waals surface area contributed by atoms with Crippen LogP contribution >= 0.6 is 16.8 Å². The fraction of sp³-hybridized carbons (Fsp3) is 0.357. The molecule has 0 bridgehead atoms. The second-order valence-corrected chi connectivity index (χ2v) is 23.3. The van der Waals surface area contributed by atoms with Gasteiger partial charge in [0.25, 0.3) is 0 Å². The van der Waals surface area contributed by atoms with E-state index in [2.05, 4.69) is 93.1 Å². The fourth-order valence-corrected chi connectivity index (χ4v) is 10.5. The fourth-order valence-electron chi connectivity index (χ4n) is 8.27. The van der Waals surface area contributed by atoms with Gasteiger partial charge in [0.1, 0.15) is 57.1 Å². The summed E-state index contributed by atoms with van der Waals surface area (Å²) in [6.07, 6.45) is 3.42. The van der Waals surface area contributed by atoms with E-state index < -0.39 is 27.7 Å². The third-order valence-electron chi connectivity index (χ3n) is 12.0. The number of aromatic nitrogens is 2. The first kappa shape index (κ1) is 50.1. The summed E-state index contributed by atoms with van der Waals surface area (Å²) in [6, 6.07) is 27.2. The highest BCUT2D eigenvalue weighted by atomic mass is 31.2. The first-order valence-corrected chi connectivity index (χ1v) is 25.4. The Bertz CT molecular complexity index is 3010. The Morgan fingerprint density at radius 1 is 0.429 bits per heavy atom. The van der Waals surface area contributed by atoms with Gasteiger partial charge in [-0.2, -0.15) is 0 Å². The Kier molecular flexibility index (Phi) is 13.7. The lowest BCUT2D eigenvalue weighted by Crippen LogP contribution is -2.15. The largest absolute Gasteiger partial charge is 0.530 e. The van der Waals surface area contributed by atoms with E-state index >= 15 is 0 Å². The molecule has 4 aromatic carbocycles. The van der Waals surface area contributed by atoms with Gasteiger partial charge in [0.2, 0.25) is 11.5 Å². The molecule has 0 aliphatic carbocycles. The van der Waals surface area contributed by atoms with Crippen molar-refractivity contribution in [2.24, 2.45) is 0 Å². The lowest BCUT2D eigenvalue weighted by atomic mass is 9.81. The van der Waals surface area contributed by atoms with Crippen LogP contribution < -0.4 is 28.0 Å². The molecule has 1 aliphatic rings. The van der Waals surface area contributed by atoms with E-state index in [0.29, 0.717) is 79.7 Å². The number of pyridine rings is 2. The molecule has 14 heteroatoms. The van der Waals surface area contributed by atoms with Crippen molar-refractivity contribution in [1.29, 1.82) is 0 Å². The SMILES string of the molecule is COc1cc(-c2cc(OC)cc(C(C)(C)C)c2Op2oc3c(C(C)(C)C)cc(OC)cc3c3cc(OC)cc(C(C)(C)C)c3o2)c(OP2OC(c3ccccn3)=C(c3ccccn3)O2)c(C(C)(C)C)c1. The topological polar surface area (TPSA) is 126 Å². The van der Waals surface area contributed by atoms with E-state index in [1.165, 1.54) is 0 Å². The van der Waals surface area contributed by atoms with Gasteiger partial charge in [0, 0.05) is 56.5 Å². The minimum atomic E-state index is -2.27. The van der Waals surface area contributed by atoms with Gasteiger partial charge in [0.05, 0.1) is 28.4 Å². The molecule has 7 aromatic rings. The molecule has 0 saturated heterocycles. The van der Waals surface area contributed by atoms with E-state index in [4.69, 9.17) is 45.4 Å². The summed E-state index contributed by atoms with van der Waals surface area (Å²) in [6.45, 7) is 25.7. The van der Waals surface area contributed by atoms with Gasteiger partial charge in [-0.3, -0.25) is 9.97 Å². The smallest absolute Gasteiger partial charge is 0.497 e. The van der Waals surface area contributed by atoms with Crippen molar-refractivity contribution >= 4 is 50.3 Å². The molecule has 4 heterocycles. The number of hydrogen-bond acceptors (Lipinski definition) is 12. The Hall–Kier alpha value is -6.35. The Labute approximate surface area is 413 Å². The number of rotatable bonds is 11. The highest BCUT2D eigenvalue weighted by molar-refractivity contribution is 7.43. The van der Waals surface area contributed by atoms with E-state index in [1.54, 1.807) is 40.8 Å². The molecule has 12 nitrogen and oxygen atoms in total. The molecule has 0 unspecified atom stereocenters. The molecule has 0 saturated carbocycles. The first-order chi connectivity index (χ1) is 33.0. The molecule has 0 radical (unpaired) electrons. The minimum Gasteiger partial charge on any atom is -0.497 e. The summed E-state index contributed by atoms with van der Waals surface area (Å²) in [5, 5.41) is 1.59. The normalized spacial score (nSPS) is 13.5. The van der Waals surface area contributed by atoms with E-state index in [1.807, 2.05) is 84.9 Å². The van der Waals surface area contributed by atoms with Gasteiger partial charge in [-0.25, -0.2) is 0 Å². The zero-order valence-corrected chi connectivity index (χ0v) is 44.9. The van der Waals surface area contributed by atoms with Crippen LogP contribution in [0.4, 0.5) is 0 Å². The van der Waals surface area contributed by atoms with Crippen LogP contribution in [-0.2, 0) is 30.7 Å². The third kappa shape index (κ3) is 10.1. The summed E-state index contributed by atoms with van der Waals surface area (Å²) in [7, 11) is 2.25. The van der Waals surface area contributed by atoms with Crippen LogP contribution in [0.5, 0.6) is 34.5 Å². The Morgan fingerprint density at radius 2 is 0.786 bits per heavy atom. The van der Waals surface area contributed by atoms with Crippen LogP contribution in [0.3, 0.4) is 0 Å². The Morgan fingerprint density at radius 3 is 1.13 bits per heavy atom. The van der Waals surface area contributed by atoms with Crippen molar-refractivity contribution in [3.63, 3.8) is 0 Å². The number of fused-ring (bicyclic) bond motifs is 3. The van der Waals surface area contributed by atoms with Crippen molar-refractivity contribution in [2.45, 2.75) is 105 Å². The summed E-state index contributed by atoms with van der Waals surface area (Å²) in [5.74, 6) is 4.41. The number of nitrogens with zero attached hydrogens (tertiary/aromatic N) is 2. The van der Waals surface area contributed by atoms with Crippen LogP contribution in [0, 0.1) is 0 Å². The standard InChI is InChI=1S/C56H64N2O10P2/c1-53(2,3)41-29-33(59-13)25-37-38-26-34(60-14)30-42(54(4,5)6)48(38)64-69(63-47(37)41)65-49-39(27-35(61-15)31-43(49)55(7,8)9)40-28-36(62-16)32-44(56(10,11)12)50(40)66-70-67-51(45-21-17-19-23-57-45)52(68-70)46-22-18-20-24-58-46/h17-32H,1-16H3. The monoisotopic (exact) mass is 986 g/mol. The van der Waals surface area contributed by atoms with Crippen molar-refractivity contribution < 1.29 is 45.4 Å². The minimum absolute atomic E-state index is 0.387. The van der Waals surface area contributed by atoms with Crippen molar-refractivity contribution in [1.82, 2.24) is 9.97 Å². The quantitative estimate of drug-likeness (QED) is 0.115. The van der Waals surface area contributed by atoms with Gasteiger partial charge >= 0.3 is 16.8 Å². The highest BCUT2D eigenvalue weighted by Crippen LogP contribution is 2.60. The molecule has 368 valence electrons. The number of hydrogen-bond donors (Lipinski definition) is 0. The Balaban J connectivity index is 1.43. The van der Waals surface area contributed by atoms with Crippen LogP contribution in [0.1, 0.15) is 117 Å². The van der Waals surface area contributed by atoms with Crippen LogP contribution in [0.15, 0.2) is 106 Å². The van der Waals surface area contributed by atoms with Gasteiger partial charge in [-0.05, 0) is 94.5 Å². The van der Waals surface area contributed by atoms with Gasteiger partial charge in [0.15, 0.2) is 0 Å². The van der Waals surface area contributed by atoms with Crippen LogP contribution in [0.2, 0.25) is 0 Å². The van der Waals surface area contributed by atoms with Gasteiger partial charge < -0.3 is 45.4 Å². The summed E-state index contributed by atoms with van der Waals surface area (Å²) < 4.78 is 66.3. The molecule has 1 aliphatic heterocycles. The lowest BCUT2D eigenvalue weighted by Gasteiger charge is -2.28. The summed E-state index contributed by atoms with van der Waals surface area (Å²) in [5.41, 5.74) is 5.41. The van der Waals surface area contributed by atoms with Crippen molar-refractivity contribution in [3.8, 4) is 45.6 Å². The highest BCUT2D eigenvalue weighted by Gasteiger charge is 2.39. The predicted molar refractivity (Wildman–Crippen MR) is 280 cm³/mol. The third-order valence-corrected chi connectivity index (χ3v) is 14.0. The second kappa shape index (κ2) is 19.1. The number of methoxy groups -OCH3 is 4. The average Bonchev–Trinajstić information content (AvgIpc) is 3.67. The van der Waals surface area contributed by atoms with E-state index in [0.717, 1.165) is 33.0 Å². The maximum Gasteiger partial charge on any atom is 0.530 e. The summed E-state index contributed by atoms with van der Waals surface area (Å²) in [4.78, 5) is 9.23. The predicted octanol–water partition coefficient (Wildman–Crippen LogP) is 16.0. The molecule has 8 rings (SSSR count). The molecule has 0 spiro atoms. The first-order valence-electron chi connectivity index (χ1n) is 23.2. The molecule has 3 aromatic heterocycles.